The average molecular weight is 402 g/mol. The lowest BCUT2D eigenvalue weighted by atomic mass is 9.89. The maximum Gasteiger partial charge on any atom is 0.239 e. The van der Waals surface area contributed by atoms with E-state index in [0.717, 1.165) is 37.7 Å². The molecule has 1 saturated heterocycles. The predicted molar refractivity (Wildman–Crippen MR) is 112 cm³/mol. The monoisotopic (exact) mass is 401 g/mol. The molecule has 148 valence electrons. The molecule has 26 heavy (non-hydrogen) atoms. The van der Waals surface area contributed by atoms with Gasteiger partial charge in [-0.1, -0.05) is 49.6 Å². The molecule has 2 aliphatic rings. The Balaban J connectivity index is 0.00000169. The van der Waals surface area contributed by atoms with Crippen LogP contribution in [0.5, 0.6) is 0 Å². The Morgan fingerprint density at radius 1 is 1.00 bits per heavy atom. The van der Waals surface area contributed by atoms with Crippen LogP contribution in [0.1, 0.15) is 37.7 Å². The molecule has 1 atom stereocenters. The molecule has 1 unspecified atom stereocenters. The zero-order valence-corrected chi connectivity index (χ0v) is 17.1. The van der Waals surface area contributed by atoms with Gasteiger partial charge in [-0.2, -0.15) is 0 Å². The molecule has 4 nitrogen and oxygen atoms in total. The van der Waals surface area contributed by atoms with E-state index in [2.05, 4.69) is 4.90 Å². The fourth-order valence-corrected chi connectivity index (χ4v) is 4.08. The van der Waals surface area contributed by atoms with E-state index in [9.17, 15) is 4.79 Å². The molecule has 1 aromatic rings. The number of rotatable bonds is 5. The quantitative estimate of drug-likeness (QED) is 0.824. The summed E-state index contributed by atoms with van der Waals surface area (Å²) in [6.07, 6.45) is 7.62. The van der Waals surface area contributed by atoms with Crippen molar-refractivity contribution in [2.24, 2.45) is 11.7 Å². The standard InChI is InChI=1S/C20H31N3O.2ClH/c21-19(15-17-7-3-1-4-8-17)20(24)23-13-11-22(12-14-23)16-18-9-5-2-6-10-18;;/h1,3-4,7-8,18-19H,2,5-6,9-16,21H2;2*1H. The third-order valence-corrected chi connectivity index (χ3v) is 5.54. The fraction of sp³-hybridized carbons (Fsp3) is 0.650. The summed E-state index contributed by atoms with van der Waals surface area (Å²) in [5, 5.41) is 0. The smallest absolute Gasteiger partial charge is 0.239 e. The lowest BCUT2D eigenvalue weighted by Crippen LogP contribution is -2.54. The van der Waals surface area contributed by atoms with Gasteiger partial charge in [0.05, 0.1) is 6.04 Å². The molecule has 1 aliphatic carbocycles. The molecule has 0 aromatic heterocycles. The highest BCUT2D eigenvalue weighted by molar-refractivity contribution is 5.85. The van der Waals surface area contributed by atoms with Crippen molar-refractivity contribution >= 4 is 30.7 Å². The number of piperazine rings is 1. The summed E-state index contributed by atoms with van der Waals surface area (Å²) < 4.78 is 0. The van der Waals surface area contributed by atoms with Gasteiger partial charge in [-0.05, 0) is 30.7 Å². The van der Waals surface area contributed by atoms with Crippen LogP contribution < -0.4 is 5.73 Å². The minimum absolute atomic E-state index is 0. The minimum Gasteiger partial charge on any atom is -0.339 e. The molecule has 3 rings (SSSR count). The van der Waals surface area contributed by atoms with Gasteiger partial charge in [0, 0.05) is 32.7 Å². The van der Waals surface area contributed by atoms with Gasteiger partial charge in [-0.25, -0.2) is 0 Å². The van der Waals surface area contributed by atoms with Crippen molar-refractivity contribution in [1.29, 1.82) is 0 Å². The SMILES string of the molecule is Cl.Cl.NC(Cc1ccccc1)C(=O)N1CCN(CC2CCCCC2)CC1. The number of carbonyl (C=O) groups is 1. The molecule has 1 heterocycles. The summed E-state index contributed by atoms with van der Waals surface area (Å²) >= 11 is 0. The van der Waals surface area contributed by atoms with E-state index >= 15 is 0 Å². The molecule has 1 aromatic carbocycles. The highest BCUT2D eigenvalue weighted by Crippen LogP contribution is 2.24. The minimum atomic E-state index is -0.419. The van der Waals surface area contributed by atoms with E-state index in [4.69, 9.17) is 5.73 Å². The first-order valence-corrected chi connectivity index (χ1v) is 9.53. The predicted octanol–water partition coefficient (Wildman–Crippen LogP) is 3.12. The summed E-state index contributed by atoms with van der Waals surface area (Å²) in [6, 6.07) is 9.64. The summed E-state index contributed by atoms with van der Waals surface area (Å²) in [4.78, 5) is 17.1. The van der Waals surface area contributed by atoms with Gasteiger partial charge >= 0.3 is 0 Å². The molecule has 0 bridgehead atoms. The van der Waals surface area contributed by atoms with Crippen molar-refractivity contribution in [3.8, 4) is 0 Å². The van der Waals surface area contributed by atoms with E-state index in [-0.39, 0.29) is 30.7 Å². The lowest BCUT2D eigenvalue weighted by molar-refractivity contribution is -0.134. The fourth-order valence-electron chi connectivity index (χ4n) is 4.08. The third kappa shape index (κ3) is 6.73. The van der Waals surface area contributed by atoms with Gasteiger partial charge < -0.3 is 10.6 Å². The van der Waals surface area contributed by atoms with E-state index in [1.165, 1.54) is 38.6 Å². The van der Waals surface area contributed by atoms with Gasteiger partial charge in [0.2, 0.25) is 5.91 Å². The van der Waals surface area contributed by atoms with Gasteiger partial charge in [0.1, 0.15) is 0 Å². The van der Waals surface area contributed by atoms with Gasteiger partial charge in [0.15, 0.2) is 0 Å². The zero-order valence-electron chi connectivity index (χ0n) is 15.5. The molecule has 1 saturated carbocycles. The summed E-state index contributed by atoms with van der Waals surface area (Å²) in [5.41, 5.74) is 7.29. The van der Waals surface area contributed by atoms with Gasteiger partial charge in [-0.3, -0.25) is 9.69 Å². The molecule has 1 aliphatic heterocycles. The Labute approximate surface area is 170 Å². The first-order valence-electron chi connectivity index (χ1n) is 9.53. The number of hydrogen-bond acceptors (Lipinski definition) is 3. The third-order valence-electron chi connectivity index (χ3n) is 5.54. The molecule has 2 fully saturated rings. The maximum atomic E-state index is 12.6. The molecular formula is C20H33Cl2N3O. The van der Waals surface area contributed by atoms with Crippen LogP contribution >= 0.6 is 24.8 Å². The van der Waals surface area contributed by atoms with E-state index in [0.29, 0.717) is 6.42 Å². The van der Waals surface area contributed by atoms with Crippen LogP contribution in [0.2, 0.25) is 0 Å². The van der Waals surface area contributed by atoms with Crippen molar-refractivity contribution in [2.75, 3.05) is 32.7 Å². The topological polar surface area (TPSA) is 49.6 Å². The largest absolute Gasteiger partial charge is 0.339 e. The van der Waals surface area contributed by atoms with E-state index < -0.39 is 6.04 Å². The highest BCUT2D eigenvalue weighted by atomic mass is 35.5. The van der Waals surface area contributed by atoms with Crippen LogP contribution in [-0.4, -0.2) is 54.5 Å². The lowest BCUT2D eigenvalue weighted by Gasteiger charge is -2.38. The van der Waals surface area contributed by atoms with Crippen molar-refractivity contribution in [2.45, 2.75) is 44.6 Å². The van der Waals surface area contributed by atoms with Crippen LogP contribution in [0.4, 0.5) is 0 Å². The molecular weight excluding hydrogens is 369 g/mol. The number of nitrogens with two attached hydrogens (primary N) is 1. The van der Waals surface area contributed by atoms with Crippen LogP contribution in [0.15, 0.2) is 30.3 Å². The first kappa shape index (κ1) is 23.2. The second-order valence-electron chi connectivity index (χ2n) is 7.43. The van der Waals surface area contributed by atoms with Crippen LogP contribution in [0.3, 0.4) is 0 Å². The number of halogens is 2. The Hall–Kier alpha value is -0.810. The van der Waals surface area contributed by atoms with E-state index in [1.807, 2.05) is 35.2 Å². The van der Waals surface area contributed by atoms with Gasteiger partial charge in [-0.15, -0.1) is 24.8 Å². The molecule has 6 heteroatoms. The van der Waals surface area contributed by atoms with Crippen molar-refractivity contribution in [1.82, 2.24) is 9.80 Å². The zero-order chi connectivity index (χ0) is 16.8. The second kappa shape index (κ2) is 11.8. The van der Waals surface area contributed by atoms with Crippen LogP contribution in [-0.2, 0) is 11.2 Å². The Morgan fingerprint density at radius 2 is 1.62 bits per heavy atom. The van der Waals surface area contributed by atoms with Crippen molar-refractivity contribution in [3.05, 3.63) is 35.9 Å². The summed E-state index contributed by atoms with van der Waals surface area (Å²) in [6.45, 7) is 4.88. The second-order valence-corrected chi connectivity index (χ2v) is 7.43. The summed E-state index contributed by atoms with van der Waals surface area (Å²) in [5.74, 6) is 0.984. The Morgan fingerprint density at radius 3 is 2.23 bits per heavy atom. The number of carbonyl (C=O) groups excluding carboxylic acids is 1. The van der Waals surface area contributed by atoms with Crippen LogP contribution in [0, 0.1) is 5.92 Å². The summed E-state index contributed by atoms with van der Waals surface area (Å²) in [7, 11) is 0. The number of hydrogen-bond donors (Lipinski definition) is 1. The van der Waals surface area contributed by atoms with Crippen molar-refractivity contribution < 1.29 is 4.79 Å². The average Bonchev–Trinajstić information content (AvgIpc) is 2.63. The number of benzene rings is 1. The van der Waals surface area contributed by atoms with Crippen molar-refractivity contribution in [3.63, 3.8) is 0 Å². The number of amides is 1. The molecule has 0 spiro atoms. The highest BCUT2D eigenvalue weighted by Gasteiger charge is 2.26. The number of nitrogens with zero attached hydrogens (tertiary/aromatic N) is 2. The maximum absolute atomic E-state index is 12.6. The Kier molecular flexibility index (Phi) is 10.6. The normalized spacial score (nSPS) is 20.0. The molecule has 0 radical (unpaired) electrons. The Bertz CT molecular complexity index is 515. The van der Waals surface area contributed by atoms with E-state index in [1.54, 1.807) is 0 Å². The molecule has 1 amide bonds. The first-order chi connectivity index (χ1) is 11.7. The van der Waals surface area contributed by atoms with Gasteiger partial charge in [0.25, 0.3) is 0 Å². The van der Waals surface area contributed by atoms with Crippen LogP contribution in [0.25, 0.3) is 0 Å². The molecule has 2 N–H and O–H groups in total.